The summed E-state index contributed by atoms with van der Waals surface area (Å²) < 4.78 is 0. The fourth-order valence-electron chi connectivity index (χ4n) is 2.69. The number of aliphatic imine (C=N–C) groups is 1. The Morgan fingerprint density at radius 3 is 2.47 bits per heavy atom. The molecule has 0 aromatic rings. The second-order valence-corrected chi connectivity index (χ2v) is 6.39. The molecular weight excluding hydrogens is 349 g/mol. The van der Waals surface area contributed by atoms with Crippen molar-refractivity contribution in [1.29, 1.82) is 0 Å². The molecule has 0 aromatic carbocycles. The van der Waals surface area contributed by atoms with Gasteiger partial charge in [0.15, 0.2) is 5.96 Å². The van der Waals surface area contributed by atoms with Crippen molar-refractivity contribution < 1.29 is 0 Å². The number of nitrogens with one attached hydrogen (secondary N) is 1. The van der Waals surface area contributed by atoms with E-state index in [2.05, 4.69) is 42.9 Å². The molecule has 0 saturated carbocycles. The van der Waals surface area contributed by atoms with Crippen LogP contribution in [0.2, 0.25) is 0 Å². The van der Waals surface area contributed by atoms with Crippen molar-refractivity contribution in [3.8, 4) is 0 Å². The Hall–Kier alpha value is 0. The number of hydrogen-bond donors (Lipinski definition) is 1. The summed E-state index contributed by atoms with van der Waals surface area (Å²) in [7, 11) is 1.90. The fraction of sp³-hybridized carbons (Fsp3) is 0.933. The first kappa shape index (κ1) is 19.0. The van der Waals surface area contributed by atoms with Crippen molar-refractivity contribution in [2.45, 2.75) is 47.0 Å². The second kappa shape index (κ2) is 9.83. The predicted octanol–water partition coefficient (Wildman–Crippen LogP) is 3.59. The van der Waals surface area contributed by atoms with Gasteiger partial charge in [0.05, 0.1) is 0 Å². The summed E-state index contributed by atoms with van der Waals surface area (Å²) in [5.74, 6) is 3.52. The third-order valence-electron chi connectivity index (χ3n) is 3.61. The minimum Gasteiger partial charge on any atom is -0.356 e. The number of halogens is 1. The SMILES string of the molecule is CN=C(NCCC(C)C)N1CCC(CC(C)C)C1.I. The van der Waals surface area contributed by atoms with E-state index in [0.29, 0.717) is 0 Å². The second-order valence-electron chi connectivity index (χ2n) is 6.39. The maximum absolute atomic E-state index is 4.41. The van der Waals surface area contributed by atoms with Crippen LogP contribution in [-0.4, -0.2) is 37.5 Å². The predicted molar refractivity (Wildman–Crippen MR) is 95.4 cm³/mol. The normalized spacial score (nSPS) is 20.1. The largest absolute Gasteiger partial charge is 0.356 e. The van der Waals surface area contributed by atoms with Crippen molar-refractivity contribution in [1.82, 2.24) is 10.2 Å². The van der Waals surface area contributed by atoms with E-state index in [1.54, 1.807) is 0 Å². The van der Waals surface area contributed by atoms with Crippen LogP contribution in [0.5, 0.6) is 0 Å². The molecule has 0 amide bonds. The molecule has 1 atom stereocenters. The van der Waals surface area contributed by atoms with Gasteiger partial charge < -0.3 is 10.2 Å². The Morgan fingerprint density at radius 1 is 1.26 bits per heavy atom. The molecule has 0 bridgehead atoms. The Labute approximate surface area is 136 Å². The molecule has 3 nitrogen and oxygen atoms in total. The highest BCUT2D eigenvalue weighted by Gasteiger charge is 2.25. The van der Waals surface area contributed by atoms with Gasteiger partial charge in [-0.3, -0.25) is 4.99 Å². The highest BCUT2D eigenvalue weighted by molar-refractivity contribution is 14.0. The molecular formula is C15H32IN3. The molecule has 0 spiro atoms. The maximum Gasteiger partial charge on any atom is 0.193 e. The maximum atomic E-state index is 4.41. The summed E-state index contributed by atoms with van der Waals surface area (Å²) >= 11 is 0. The quantitative estimate of drug-likeness (QED) is 0.448. The van der Waals surface area contributed by atoms with Gasteiger partial charge in [-0.1, -0.05) is 27.7 Å². The van der Waals surface area contributed by atoms with Crippen molar-refractivity contribution in [2.24, 2.45) is 22.7 Å². The molecule has 4 heteroatoms. The third kappa shape index (κ3) is 7.37. The van der Waals surface area contributed by atoms with Crippen LogP contribution in [0.4, 0.5) is 0 Å². The standard InChI is InChI=1S/C15H31N3.HI/c1-12(2)6-8-17-15(16-5)18-9-7-14(11-18)10-13(3)4;/h12-14H,6-11H2,1-5H3,(H,16,17);1H. The summed E-state index contributed by atoms with van der Waals surface area (Å²) in [5.41, 5.74) is 0. The van der Waals surface area contributed by atoms with Gasteiger partial charge in [-0.2, -0.15) is 0 Å². The summed E-state index contributed by atoms with van der Waals surface area (Å²) in [5, 5.41) is 3.49. The van der Waals surface area contributed by atoms with Crippen molar-refractivity contribution in [3.63, 3.8) is 0 Å². The zero-order valence-corrected chi connectivity index (χ0v) is 15.6. The molecule has 1 unspecified atom stereocenters. The first-order valence-electron chi connectivity index (χ1n) is 7.48. The lowest BCUT2D eigenvalue weighted by atomic mass is 9.97. The van der Waals surface area contributed by atoms with Gasteiger partial charge in [-0.05, 0) is 37.0 Å². The van der Waals surface area contributed by atoms with Crippen LogP contribution >= 0.6 is 24.0 Å². The van der Waals surface area contributed by atoms with Crippen LogP contribution in [0.15, 0.2) is 4.99 Å². The van der Waals surface area contributed by atoms with Crippen LogP contribution in [0.3, 0.4) is 0 Å². The van der Waals surface area contributed by atoms with Crippen LogP contribution in [0.1, 0.15) is 47.0 Å². The number of guanidine groups is 1. The molecule has 114 valence electrons. The highest BCUT2D eigenvalue weighted by atomic mass is 127. The number of likely N-dealkylation sites (tertiary alicyclic amines) is 1. The van der Waals surface area contributed by atoms with Gasteiger partial charge >= 0.3 is 0 Å². The molecule has 1 rings (SSSR count). The lowest BCUT2D eigenvalue weighted by molar-refractivity contribution is 0.402. The van der Waals surface area contributed by atoms with E-state index in [4.69, 9.17) is 0 Å². The Bertz CT molecular complexity index is 264. The smallest absolute Gasteiger partial charge is 0.193 e. The van der Waals surface area contributed by atoms with Gasteiger partial charge in [-0.15, -0.1) is 24.0 Å². The molecule has 1 aliphatic heterocycles. The van der Waals surface area contributed by atoms with E-state index in [1.165, 1.54) is 32.4 Å². The van der Waals surface area contributed by atoms with E-state index in [1.807, 2.05) is 7.05 Å². The van der Waals surface area contributed by atoms with Gasteiger partial charge in [0.1, 0.15) is 0 Å². The van der Waals surface area contributed by atoms with E-state index in [9.17, 15) is 0 Å². The fourth-order valence-corrected chi connectivity index (χ4v) is 2.69. The minimum atomic E-state index is 0. The first-order valence-corrected chi connectivity index (χ1v) is 7.48. The summed E-state index contributed by atoms with van der Waals surface area (Å²) in [6, 6.07) is 0. The molecule has 1 saturated heterocycles. The number of rotatable bonds is 5. The van der Waals surface area contributed by atoms with Gasteiger partial charge in [0.2, 0.25) is 0 Å². The van der Waals surface area contributed by atoms with E-state index in [-0.39, 0.29) is 24.0 Å². The average Bonchev–Trinajstić information content (AvgIpc) is 2.71. The van der Waals surface area contributed by atoms with E-state index in [0.717, 1.165) is 30.3 Å². The average molecular weight is 381 g/mol. The van der Waals surface area contributed by atoms with Gasteiger partial charge in [-0.25, -0.2) is 0 Å². The Balaban J connectivity index is 0.00000324. The molecule has 0 radical (unpaired) electrons. The highest BCUT2D eigenvalue weighted by Crippen LogP contribution is 2.23. The summed E-state index contributed by atoms with van der Waals surface area (Å²) in [6.45, 7) is 12.5. The topological polar surface area (TPSA) is 27.6 Å². The Morgan fingerprint density at radius 2 is 1.95 bits per heavy atom. The van der Waals surface area contributed by atoms with Crippen LogP contribution in [-0.2, 0) is 0 Å². The van der Waals surface area contributed by atoms with Crippen LogP contribution in [0, 0.1) is 17.8 Å². The molecule has 1 aliphatic rings. The van der Waals surface area contributed by atoms with Crippen LogP contribution < -0.4 is 5.32 Å². The molecule has 1 fully saturated rings. The lowest BCUT2D eigenvalue weighted by Gasteiger charge is -2.22. The summed E-state index contributed by atoms with van der Waals surface area (Å²) in [6.07, 6.45) is 3.88. The van der Waals surface area contributed by atoms with E-state index < -0.39 is 0 Å². The van der Waals surface area contributed by atoms with Crippen molar-refractivity contribution in [2.75, 3.05) is 26.7 Å². The zero-order chi connectivity index (χ0) is 13.5. The van der Waals surface area contributed by atoms with Gasteiger partial charge in [0.25, 0.3) is 0 Å². The third-order valence-corrected chi connectivity index (χ3v) is 3.61. The molecule has 1 heterocycles. The molecule has 1 N–H and O–H groups in total. The number of hydrogen-bond acceptors (Lipinski definition) is 1. The first-order chi connectivity index (χ1) is 8.52. The molecule has 19 heavy (non-hydrogen) atoms. The monoisotopic (exact) mass is 381 g/mol. The van der Waals surface area contributed by atoms with E-state index >= 15 is 0 Å². The molecule has 0 aliphatic carbocycles. The number of nitrogens with zero attached hydrogens (tertiary/aromatic N) is 2. The van der Waals surface area contributed by atoms with Crippen LogP contribution in [0.25, 0.3) is 0 Å². The molecule has 0 aromatic heterocycles. The zero-order valence-electron chi connectivity index (χ0n) is 13.3. The minimum absolute atomic E-state index is 0. The van der Waals surface area contributed by atoms with Gasteiger partial charge in [0, 0.05) is 26.7 Å². The lowest BCUT2D eigenvalue weighted by Crippen LogP contribution is -2.40. The Kier molecular flexibility index (Phi) is 9.83. The summed E-state index contributed by atoms with van der Waals surface area (Å²) in [4.78, 5) is 6.84. The van der Waals surface area contributed by atoms with Crippen molar-refractivity contribution >= 4 is 29.9 Å². The van der Waals surface area contributed by atoms with Crippen molar-refractivity contribution in [3.05, 3.63) is 0 Å².